The van der Waals surface area contributed by atoms with Gasteiger partial charge in [0, 0.05) is 6.54 Å². The second-order valence-corrected chi connectivity index (χ2v) is 7.51. The number of carbonyl (C=O) groups excluding carboxylic acids is 1. The standard InChI is InChI=1S/C18H20N2O4S/c21-18(13-19-25(22,23)16-9-5-2-6-10-16)20-11-12-24-17(14-20)15-7-3-1-4-8-15/h1-10,17,19H,11-14H2. The summed E-state index contributed by atoms with van der Waals surface area (Å²) in [6.45, 7) is 1.03. The average molecular weight is 360 g/mol. The predicted molar refractivity (Wildman–Crippen MR) is 93.3 cm³/mol. The number of ether oxygens (including phenoxy) is 1. The molecule has 6 nitrogen and oxygen atoms in total. The summed E-state index contributed by atoms with van der Waals surface area (Å²) >= 11 is 0. The van der Waals surface area contributed by atoms with E-state index in [1.165, 1.54) is 12.1 Å². The Kier molecular flexibility index (Phi) is 5.47. The molecule has 1 heterocycles. The van der Waals surface area contributed by atoms with Gasteiger partial charge in [0.15, 0.2) is 0 Å². The van der Waals surface area contributed by atoms with Crippen LogP contribution in [0.15, 0.2) is 65.6 Å². The zero-order valence-electron chi connectivity index (χ0n) is 13.7. The molecule has 1 aliphatic heterocycles. The molecule has 7 heteroatoms. The molecule has 1 amide bonds. The van der Waals surface area contributed by atoms with E-state index in [0.717, 1.165) is 5.56 Å². The molecule has 3 rings (SSSR count). The van der Waals surface area contributed by atoms with Crippen LogP contribution >= 0.6 is 0 Å². The number of rotatable bonds is 5. The number of nitrogens with zero attached hydrogens (tertiary/aromatic N) is 1. The highest BCUT2D eigenvalue weighted by molar-refractivity contribution is 7.89. The largest absolute Gasteiger partial charge is 0.370 e. The van der Waals surface area contributed by atoms with E-state index in [4.69, 9.17) is 4.74 Å². The summed E-state index contributed by atoms with van der Waals surface area (Å²) in [5, 5.41) is 0. The molecule has 1 fully saturated rings. The molecule has 1 aliphatic rings. The third kappa shape index (κ3) is 4.45. The molecule has 1 unspecified atom stereocenters. The van der Waals surface area contributed by atoms with Crippen molar-refractivity contribution in [2.75, 3.05) is 26.2 Å². The van der Waals surface area contributed by atoms with Gasteiger partial charge in [0.2, 0.25) is 15.9 Å². The first kappa shape index (κ1) is 17.6. The minimum absolute atomic E-state index is 0.145. The van der Waals surface area contributed by atoms with Crippen molar-refractivity contribution < 1.29 is 17.9 Å². The van der Waals surface area contributed by atoms with E-state index in [1.807, 2.05) is 30.3 Å². The highest BCUT2D eigenvalue weighted by atomic mass is 32.2. The van der Waals surface area contributed by atoms with Crippen molar-refractivity contribution in [3.8, 4) is 0 Å². The van der Waals surface area contributed by atoms with Gasteiger partial charge in [-0.1, -0.05) is 48.5 Å². The highest BCUT2D eigenvalue weighted by Gasteiger charge is 2.26. The smallest absolute Gasteiger partial charge is 0.241 e. The molecule has 132 valence electrons. The average Bonchev–Trinajstić information content (AvgIpc) is 2.68. The molecule has 1 saturated heterocycles. The fourth-order valence-corrected chi connectivity index (χ4v) is 3.69. The number of nitrogens with one attached hydrogen (secondary N) is 1. The van der Waals surface area contributed by atoms with Crippen LogP contribution in [-0.2, 0) is 19.6 Å². The number of carbonyl (C=O) groups is 1. The van der Waals surface area contributed by atoms with Crippen LogP contribution in [0.3, 0.4) is 0 Å². The van der Waals surface area contributed by atoms with Crippen molar-refractivity contribution in [3.63, 3.8) is 0 Å². The summed E-state index contributed by atoms with van der Waals surface area (Å²) in [6.07, 6.45) is -0.190. The Bertz CT molecular complexity index is 809. The van der Waals surface area contributed by atoms with Crippen LogP contribution in [0.5, 0.6) is 0 Å². The summed E-state index contributed by atoms with van der Waals surface area (Å²) in [7, 11) is -3.69. The highest BCUT2D eigenvalue weighted by Crippen LogP contribution is 2.21. The van der Waals surface area contributed by atoms with Crippen LogP contribution in [0.4, 0.5) is 0 Å². The fraction of sp³-hybridized carbons (Fsp3) is 0.278. The Hall–Kier alpha value is -2.22. The predicted octanol–water partition coefficient (Wildman–Crippen LogP) is 1.56. The Morgan fingerprint density at radius 1 is 1.08 bits per heavy atom. The van der Waals surface area contributed by atoms with Crippen molar-refractivity contribution in [1.29, 1.82) is 0 Å². The quantitative estimate of drug-likeness (QED) is 0.878. The lowest BCUT2D eigenvalue weighted by atomic mass is 10.1. The number of hydrogen-bond donors (Lipinski definition) is 1. The molecule has 0 spiro atoms. The first-order valence-electron chi connectivity index (χ1n) is 8.05. The zero-order chi connectivity index (χ0) is 17.7. The van der Waals surface area contributed by atoms with Gasteiger partial charge in [-0.25, -0.2) is 13.1 Å². The lowest BCUT2D eigenvalue weighted by molar-refractivity contribution is -0.137. The first-order valence-corrected chi connectivity index (χ1v) is 9.53. The van der Waals surface area contributed by atoms with Crippen molar-refractivity contribution in [1.82, 2.24) is 9.62 Å². The van der Waals surface area contributed by atoms with Gasteiger partial charge in [0.25, 0.3) is 0 Å². The van der Waals surface area contributed by atoms with Gasteiger partial charge in [0.1, 0.15) is 6.10 Å². The second-order valence-electron chi connectivity index (χ2n) is 5.75. The molecule has 1 N–H and O–H groups in total. The molecule has 25 heavy (non-hydrogen) atoms. The number of hydrogen-bond acceptors (Lipinski definition) is 4. The van der Waals surface area contributed by atoms with E-state index in [0.29, 0.717) is 19.7 Å². The van der Waals surface area contributed by atoms with Gasteiger partial charge < -0.3 is 9.64 Å². The fourth-order valence-electron chi connectivity index (χ4n) is 2.70. The Labute approximate surface area is 147 Å². The van der Waals surface area contributed by atoms with Gasteiger partial charge in [-0.3, -0.25) is 4.79 Å². The number of morpholine rings is 1. The number of benzene rings is 2. The number of sulfonamides is 1. The normalized spacial score (nSPS) is 18.1. The maximum atomic E-state index is 12.4. The van der Waals surface area contributed by atoms with Gasteiger partial charge in [-0.15, -0.1) is 0 Å². The van der Waals surface area contributed by atoms with Crippen molar-refractivity contribution in [2.45, 2.75) is 11.0 Å². The monoisotopic (exact) mass is 360 g/mol. The molecule has 0 radical (unpaired) electrons. The Morgan fingerprint density at radius 3 is 2.40 bits per heavy atom. The molecule has 2 aromatic carbocycles. The summed E-state index contributed by atoms with van der Waals surface area (Å²) in [6, 6.07) is 17.7. The van der Waals surface area contributed by atoms with Crippen LogP contribution in [0.25, 0.3) is 0 Å². The van der Waals surface area contributed by atoms with E-state index in [1.54, 1.807) is 23.1 Å². The van der Waals surface area contributed by atoms with Crippen LogP contribution in [0, 0.1) is 0 Å². The third-order valence-corrected chi connectivity index (χ3v) is 5.47. The summed E-state index contributed by atoms with van der Waals surface area (Å²) in [4.78, 5) is 14.2. The van der Waals surface area contributed by atoms with E-state index < -0.39 is 10.0 Å². The third-order valence-electron chi connectivity index (χ3n) is 4.06. The SMILES string of the molecule is O=C(CNS(=O)(=O)c1ccccc1)N1CCOC(c2ccccc2)C1. The van der Waals surface area contributed by atoms with Gasteiger partial charge in [0.05, 0.1) is 24.6 Å². The van der Waals surface area contributed by atoms with Crippen LogP contribution in [0.1, 0.15) is 11.7 Å². The maximum absolute atomic E-state index is 12.4. The molecule has 1 atom stereocenters. The van der Waals surface area contributed by atoms with E-state index in [2.05, 4.69) is 4.72 Å². The molecule has 2 aromatic rings. The minimum Gasteiger partial charge on any atom is -0.370 e. The summed E-state index contributed by atoms with van der Waals surface area (Å²) in [5.41, 5.74) is 1.00. The molecule has 0 bridgehead atoms. The van der Waals surface area contributed by atoms with E-state index in [-0.39, 0.29) is 23.5 Å². The lowest BCUT2D eigenvalue weighted by Crippen LogP contribution is -2.46. The van der Waals surface area contributed by atoms with Crippen LogP contribution < -0.4 is 4.72 Å². The Balaban J connectivity index is 1.60. The molecular formula is C18H20N2O4S. The maximum Gasteiger partial charge on any atom is 0.241 e. The molecule has 0 aromatic heterocycles. The van der Waals surface area contributed by atoms with Crippen LogP contribution in [-0.4, -0.2) is 45.5 Å². The lowest BCUT2D eigenvalue weighted by Gasteiger charge is -2.33. The van der Waals surface area contributed by atoms with Crippen molar-refractivity contribution >= 4 is 15.9 Å². The second kappa shape index (κ2) is 7.77. The van der Waals surface area contributed by atoms with Crippen LogP contribution in [0.2, 0.25) is 0 Å². The van der Waals surface area contributed by atoms with E-state index in [9.17, 15) is 13.2 Å². The minimum atomic E-state index is -3.69. The van der Waals surface area contributed by atoms with Gasteiger partial charge in [-0.2, -0.15) is 0 Å². The summed E-state index contributed by atoms with van der Waals surface area (Å²) < 4.78 is 32.5. The molecule has 0 aliphatic carbocycles. The number of amides is 1. The van der Waals surface area contributed by atoms with Crippen molar-refractivity contribution in [3.05, 3.63) is 66.2 Å². The van der Waals surface area contributed by atoms with Crippen molar-refractivity contribution in [2.24, 2.45) is 0 Å². The van der Waals surface area contributed by atoms with Gasteiger partial charge >= 0.3 is 0 Å². The van der Waals surface area contributed by atoms with E-state index >= 15 is 0 Å². The summed E-state index contributed by atoms with van der Waals surface area (Å²) in [5.74, 6) is -0.260. The first-order chi connectivity index (χ1) is 12.1. The zero-order valence-corrected chi connectivity index (χ0v) is 14.5. The molecular weight excluding hydrogens is 340 g/mol. The van der Waals surface area contributed by atoms with Gasteiger partial charge in [-0.05, 0) is 17.7 Å². The Morgan fingerprint density at radius 2 is 1.72 bits per heavy atom. The topological polar surface area (TPSA) is 75.7 Å². The molecule has 0 saturated carbocycles.